The minimum absolute atomic E-state index is 0.0187. The average Bonchev–Trinajstić information content (AvgIpc) is 3.33. The first-order valence-electron chi connectivity index (χ1n) is 8.22. The van der Waals surface area contributed by atoms with E-state index in [1.807, 2.05) is 18.2 Å². The Kier molecular flexibility index (Phi) is 5.24. The summed E-state index contributed by atoms with van der Waals surface area (Å²) in [5.41, 5.74) is 1.26. The van der Waals surface area contributed by atoms with Crippen LogP contribution in [0.15, 0.2) is 58.0 Å². The first-order chi connectivity index (χ1) is 13.1. The number of rotatable bonds is 5. The number of thioether (sulfide) groups is 1. The highest BCUT2D eigenvalue weighted by Gasteiger charge is 2.26. The van der Waals surface area contributed by atoms with Crippen LogP contribution in [0, 0.1) is 0 Å². The Balaban J connectivity index is 1.56. The molecule has 1 aromatic carbocycles. The molecule has 1 aliphatic heterocycles. The zero-order valence-corrected chi connectivity index (χ0v) is 16.5. The Bertz CT molecular complexity index is 985. The summed E-state index contributed by atoms with van der Waals surface area (Å²) < 4.78 is 5.92. The van der Waals surface area contributed by atoms with Gasteiger partial charge in [-0.1, -0.05) is 11.6 Å². The first-order valence-corrected chi connectivity index (χ1v) is 10.4. The van der Waals surface area contributed by atoms with Crippen molar-refractivity contribution in [3.63, 3.8) is 0 Å². The third-order valence-corrected chi connectivity index (χ3v) is 6.37. The number of anilines is 1. The molecule has 0 fully saturated rings. The molecular weight excluding hydrogens is 404 g/mol. The number of furan rings is 1. The molecule has 3 aromatic rings. The maximum absolute atomic E-state index is 12.5. The van der Waals surface area contributed by atoms with Crippen molar-refractivity contribution in [2.75, 3.05) is 10.7 Å². The lowest BCUT2D eigenvalue weighted by atomic mass is 10.1. The molecule has 2 amide bonds. The monoisotopic (exact) mass is 418 g/mol. The molecule has 0 saturated carbocycles. The number of nitrogens with one attached hydrogen (secondary N) is 1. The molecule has 0 atom stereocenters. The quantitative estimate of drug-likeness (QED) is 0.659. The van der Waals surface area contributed by atoms with Gasteiger partial charge in [-0.05, 0) is 42.5 Å². The van der Waals surface area contributed by atoms with E-state index in [1.165, 1.54) is 23.1 Å². The van der Waals surface area contributed by atoms with Crippen LogP contribution in [-0.2, 0) is 17.9 Å². The molecule has 8 heteroatoms. The second kappa shape index (κ2) is 7.80. The summed E-state index contributed by atoms with van der Waals surface area (Å²) in [6.45, 7) is 0.759. The summed E-state index contributed by atoms with van der Waals surface area (Å²) in [7, 11) is 0. The molecule has 0 bridgehead atoms. The minimum atomic E-state index is -0.212. The number of benzene rings is 1. The van der Waals surface area contributed by atoms with Crippen LogP contribution in [0.4, 0.5) is 5.69 Å². The molecule has 3 heterocycles. The van der Waals surface area contributed by atoms with Crippen LogP contribution in [0.25, 0.3) is 0 Å². The number of hydrogen-bond donors (Lipinski definition) is 1. The minimum Gasteiger partial charge on any atom is -0.467 e. The topological polar surface area (TPSA) is 62.6 Å². The maximum atomic E-state index is 12.5. The smallest absolute Gasteiger partial charge is 0.251 e. The number of nitrogens with zero attached hydrogens (tertiary/aromatic N) is 1. The molecule has 5 nitrogen and oxygen atoms in total. The molecule has 2 aromatic heterocycles. The lowest BCUT2D eigenvalue weighted by molar-refractivity contribution is -0.116. The second-order valence-corrected chi connectivity index (χ2v) is 8.74. The van der Waals surface area contributed by atoms with Crippen molar-refractivity contribution < 1.29 is 14.0 Å². The zero-order chi connectivity index (χ0) is 18.8. The van der Waals surface area contributed by atoms with E-state index < -0.39 is 0 Å². The van der Waals surface area contributed by atoms with Crippen LogP contribution in [0.1, 0.15) is 21.0 Å². The van der Waals surface area contributed by atoms with Crippen molar-refractivity contribution in [3.8, 4) is 0 Å². The predicted molar refractivity (Wildman–Crippen MR) is 108 cm³/mol. The third kappa shape index (κ3) is 4.05. The van der Waals surface area contributed by atoms with Gasteiger partial charge in [0.1, 0.15) is 5.76 Å². The summed E-state index contributed by atoms with van der Waals surface area (Å²) in [5, 5.41) is 2.83. The van der Waals surface area contributed by atoms with Crippen LogP contribution in [0.5, 0.6) is 0 Å². The van der Waals surface area contributed by atoms with Crippen molar-refractivity contribution in [2.24, 2.45) is 0 Å². The van der Waals surface area contributed by atoms with Gasteiger partial charge in [0, 0.05) is 15.3 Å². The van der Waals surface area contributed by atoms with Gasteiger partial charge >= 0.3 is 0 Å². The molecule has 1 N–H and O–H groups in total. The zero-order valence-electron chi connectivity index (χ0n) is 14.1. The number of halogens is 1. The van der Waals surface area contributed by atoms with Crippen LogP contribution in [0.3, 0.4) is 0 Å². The molecular formula is C19H15ClN2O3S2. The van der Waals surface area contributed by atoms with Gasteiger partial charge in [0.15, 0.2) is 0 Å². The van der Waals surface area contributed by atoms with E-state index in [1.54, 1.807) is 35.4 Å². The van der Waals surface area contributed by atoms with Crippen LogP contribution in [-0.4, -0.2) is 17.6 Å². The van der Waals surface area contributed by atoms with E-state index in [4.69, 9.17) is 16.0 Å². The lowest BCUT2D eigenvalue weighted by Gasteiger charge is -2.29. The molecule has 1 aliphatic rings. The summed E-state index contributed by atoms with van der Waals surface area (Å²) in [6, 6.07) is 12.8. The van der Waals surface area contributed by atoms with Gasteiger partial charge in [-0.3, -0.25) is 9.59 Å². The standard InChI is InChI=1S/C19H15ClN2O3S2/c20-17-6-4-14(27-17)10-22-15-8-12(3-5-16(15)26-11-18(22)23)19(24)21-9-13-2-1-7-25-13/h1-8H,9-11H2,(H,21,24). The number of amides is 2. The van der Waals surface area contributed by atoms with E-state index in [0.29, 0.717) is 34.5 Å². The van der Waals surface area contributed by atoms with Crippen LogP contribution >= 0.6 is 34.7 Å². The van der Waals surface area contributed by atoms with Gasteiger partial charge in [0.05, 0.1) is 35.1 Å². The number of carbonyl (C=O) groups excluding carboxylic acids is 2. The summed E-state index contributed by atoms with van der Waals surface area (Å²) in [4.78, 5) is 28.7. The van der Waals surface area contributed by atoms with Crippen molar-refractivity contribution in [1.82, 2.24) is 5.32 Å². The molecule has 0 aliphatic carbocycles. The van der Waals surface area contributed by atoms with Gasteiger partial charge < -0.3 is 14.6 Å². The third-order valence-electron chi connectivity index (χ3n) is 4.11. The normalized spacial score (nSPS) is 13.5. The van der Waals surface area contributed by atoms with E-state index in [2.05, 4.69) is 5.32 Å². The fraction of sp³-hybridized carbons (Fsp3) is 0.158. The predicted octanol–water partition coefficient (Wildman–Crippen LogP) is 4.56. The average molecular weight is 419 g/mol. The second-order valence-electron chi connectivity index (χ2n) is 5.92. The lowest BCUT2D eigenvalue weighted by Crippen LogP contribution is -2.35. The number of carbonyl (C=O) groups is 2. The molecule has 0 saturated heterocycles. The van der Waals surface area contributed by atoms with E-state index in [0.717, 1.165) is 15.5 Å². The number of fused-ring (bicyclic) bond motifs is 1. The van der Waals surface area contributed by atoms with Gasteiger partial charge in [0.2, 0.25) is 5.91 Å². The Morgan fingerprint density at radius 2 is 2.15 bits per heavy atom. The summed E-state index contributed by atoms with van der Waals surface area (Å²) in [6.07, 6.45) is 1.57. The fourth-order valence-electron chi connectivity index (χ4n) is 2.79. The molecule has 27 heavy (non-hydrogen) atoms. The van der Waals surface area contributed by atoms with E-state index in [9.17, 15) is 9.59 Å². The van der Waals surface area contributed by atoms with Crippen molar-refractivity contribution in [1.29, 1.82) is 0 Å². The number of thiophene rings is 1. The largest absolute Gasteiger partial charge is 0.467 e. The highest BCUT2D eigenvalue weighted by atomic mass is 35.5. The van der Waals surface area contributed by atoms with Crippen LogP contribution in [0.2, 0.25) is 4.34 Å². The molecule has 4 rings (SSSR count). The van der Waals surface area contributed by atoms with E-state index >= 15 is 0 Å². The molecule has 0 spiro atoms. The Hall–Kier alpha value is -2.22. The summed E-state index contributed by atoms with van der Waals surface area (Å²) in [5.74, 6) is 0.876. The summed E-state index contributed by atoms with van der Waals surface area (Å²) >= 11 is 8.95. The highest BCUT2D eigenvalue weighted by Crippen LogP contribution is 2.37. The van der Waals surface area contributed by atoms with Gasteiger partial charge in [-0.2, -0.15) is 0 Å². The van der Waals surface area contributed by atoms with Gasteiger partial charge in [-0.15, -0.1) is 23.1 Å². The van der Waals surface area contributed by atoms with Gasteiger partial charge in [0.25, 0.3) is 5.91 Å². The fourth-order valence-corrected chi connectivity index (χ4v) is 4.78. The maximum Gasteiger partial charge on any atom is 0.251 e. The molecule has 0 radical (unpaired) electrons. The van der Waals surface area contributed by atoms with Crippen molar-refractivity contribution >= 4 is 52.2 Å². The first kappa shape index (κ1) is 18.2. The SMILES string of the molecule is O=C(NCc1ccco1)c1ccc2c(c1)N(Cc1ccc(Cl)s1)C(=O)CS2. The van der Waals surface area contributed by atoms with Crippen LogP contribution < -0.4 is 10.2 Å². The van der Waals surface area contributed by atoms with Crippen molar-refractivity contribution in [2.45, 2.75) is 18.0 Å². The molecule has 0 unspecified atom stereocenters. The highest BCUT2D eigenvalue weighted by molar-refractivity contribution is 8.00. The Morgan fingerprint density at radius 1 is 1.26 bits per heavy atom. The number of hydrogen-bond acceptors (Lipinski definition) is 5. The Labute approximate surface area is 169 Å². The molecule has 138 valence electrons. The van der Waals surface area contributed by atoms with E-state index in [-0.39, 0.29) is 11.8 Å². The van der Waals surface area contributed by atoms with Crippen molar-refractivity contribution in [3.05, 3.63) is 69.3 Å². The van der Waals surface area contributed by atoms with Gasteiger partial charge in [-0.25, -0.2) is 0 Å². The Morgan fingerprint density at radius 3 is 2.89 bits per heavy atom.